The van der Waals surface area contributed by atoms with Gasteiger partial charge in [-0.2, -0.15) is 0 Å². The first kappa shape index (κ1) is 14.9. The Morgan fingerprint density at radius 1 is 1.29 bits per heavy atom. The first-order valence-electron chi connectivity index (χ1n) is 6.65. The van der Waals surface area contributed by atoms with E-state index in [1.54, 1.807) is 6.92 Å². The van der Waals surface area contributed by atoms with Gasteiger partial charge in [0.05, 0.1) is 5.75 Å². The Kier molecular flexibility index (Phi) is 7.08. The summed E-state index contributed by atoms with van der Waals surface area (Å²) in [5, 5.41) is 3.47. The molecule has 17 heavy (non-hydrogen) atoms. The van der Waals surface area contributed by atoms with Crippen LogP contribution in [0.4, 0.5) is 0 Å². The van der Waals surface area contributed by atoms with Crippen molar-refractivity contribution >= 4 is 9.84 Å². The molecule has 0 radical (unpaired) electrons. The Morgan fingerprint density at radius 3 is 2.76 bits per heavy atom. The molecule has 0 bridgehead atoms. The second-order valence-corrected chi connectivity index (χ2v) is 7.11. The normalized spacial score (nSPS) is 21.6. The number of nitrogens with one attached hydrogen (secondary N) is 1. The van der Waals surface area contributed by atoms with Crippen molar-refractivity contribution in [3.8, 4) is 0 Å². The van der Waals surface area contributed by atoms with Crippen LogP contribution in [0.2, 0.25) is 0 Å². The van der Waals surface area contributed by atoms with E-state index < -0.39 is 9.84 Å². The summed E-state index contributed by atoms with van der Waals surface area (Å²) in [5.74, 6) is 0.490. The molecular weight excluding hydrogens is 238 g/mol. The predicted octanol–water partition coefficient (Wildman–Crippen LogP) is 1.36. The van der Waals surface area contributed by atoms with Crippen molar-refractivity contribution in [2.24, 2.45) is 0 Å². The van der Waals surface area contributed by atoms with Crippen molar-refractivity contribution in [3.63, 3.8) is 0 Å². The fourth-order valence-corrected chi connectivity index (χ4v) is 2.87. The van der Waals surface area contributed by atoms with Crippen LogP contribution in [-0.2, 0) is 14.6 Å². The smallest absolute Gasteiger partial charge is 0.150 e. The number of sulfone groups is 1. The lowest BCUT2D eigenvalue weighted by atomic mass is 10.0. The second-order valence-electron chi connectivity index (χ2n) is 4.64. The Hall–Kier alpha value is -0.130. The van der Waals surface area contributed by atoms with Crippen molar-refractivity contribution in [1.82, 2.24) is 5.32 Å². The fourth-order valence-electron chi connectivity index (χ4n) is 2.02. The average molecular weight is 263 g/mol. The molecule has 1 saturated heterocycles. The molecule has 4 nitrogen and oxygen atoms in total. The molecule has 0 aliphatic carbocycles. The van der Waals surface area contributed by atoms with Gasteiger partial charge in [-0.25, -0.2) is 8.42 Å². The number of hydrogen-bond acceptors (Lipinski definition) is 4. The minimum absolute atomic E-state index is 0.235. The fraction of sp³-hybridized carbons (Fsp3) is 1.00. The largest absolute Gasteiger partial charge is 0.381 e. The third kappa shape index (κ3) is 7.01. The maximum absolute atomic E-state index is 11.2. The second kappa shape index (κ2) is 8.06. The van der Waals surface area contributed by atoms with Gasteiger partial charge in [-0.3, -0.25) is 0 Å². The molecule has 1 unspecified atom stereocenters. The van der Waals surface area contributed by atoms with E-state index in [-0.39, 0.29) is 11.5 Å². The van der Waals surface area contributed by atoms with Gasteiger partial charge in [0.15, 0.2) is 0 Å². The third-order valence-corrected chi connectivity index (χ3v) is 5.00. The van der Waals surface area contributed by atoms with E-state index in [2.05, 4.69) is 5.32 Å². The summed E-state index contributed by atoms with van der Waals surface area (Å²) in [4.78, 5) is 0. The monoisotopic (exact) mass is 263 g/mol. The van der Waals surface area contributed by atoms with Gasteiger partial charge < -0.3 is 10.1 Å². The van der Waals surface area contributed by atoms with Crippen molar-refractivity contribution in [3.05, 3.63) is 0 Å². The van der Waals surface area contributed by atoms with E-state index in [1.165, 1.54) is 19.3 Å². The Labute approximate surface area is 105 Å². The van der Waals surface area contributed by atoms with E-state index >= 15 is 0 Å². The van der Waals surface area contributed by atoms with Gasteiger partial charge in [-0.05, 0) is 32.2 Å². The standard InChI is InChI=1S/C12H25NO3S/c1-2-17(14,15)11-5-9-16-10-7-12-6-3-4-8-13-12/h12-13H,2-11H2,1H3. The molecule has 0 aromatic rings. The average Bonchev–Trinajstić information content (AvgIpc) is 2.35. The van der Waals surface area contributed by atoms with Crippen molar-refractivity contribution in [2.45, 2.75) is 45.1 Å². The Bertz CT molecular complexity index is 284. The number of ether oxygens (including phenoxy) is 1. The summed E-state index contributed by atoms with van der Waals surface area (Å²) >= 11 is 0. The van der Waals surface area contributed by atoms with Crippen LogP contribution in [0.15, 0.2) is 0 Å². The molecular formula is C12H25NO3S. The molecule has 0 spiro atoms. The quantitative estimate of drug-likeness (QED) is 0.672. The molecule has 1 aliphatic rings. The van der Waals surface area contributed by atoms with Gasteiger partial charge in [0.1, 0.15) is 9.84 Å². The van der Waals surface area contributed by atoms with Crippen LogP contribution >= 0.6 is 0 Å². The Balaban J connectivity index is 1.94. The van der Waals surface area contributed by atoms with E-state index in [0.717, 1.165) is 19.6 Å². The summed E-state index contributed by atoms with van der Waals surface area (Å²) in [6, 6.07) is 0.600. The van der Waals surface area contributed by atoms with E-state index in [0.29, 0.717) is 19.1 Å². The maximum atomic E-state index is 11.2. The van der Waals surface area contributed by atoms with Crippen LogP contribution in [0.1, 0.15) is 39.0 Å². The maximum Gasteiger partial charge on any atom is 0.150 e. The summed E-state index contributed by atoms with van der Waals surface area (Å²) in [7, 11) is -2.82. The first-order chi connectivity index (χ1) is 8.14. The number of hydrogen-bond donors (Lipinski definition) is 1. The lowest BCUT2D eigenvalue weighted by molar-refractivity contribution is 0.122. The lowest BCUT2D eigenvalue weighted by Gasteiger charge is -2.23. The highest BCUT2D eigenvalue weighted by atomic mass is 32.2. The highest BCUT2D eigenvalue weighted by molar-refractivity contribution is 7.91. The van der Waals surface area contributed by atoms with Crippen LogP contribution in [0.3, 0.4) is 0 Å². The molecule has 102 valence electrons. The molecule has 0 aromatic heterocycles. The molecule has 1 fully saturated rings. The molecule has 0 saturated carbocycles. The van der Waals surface area contributed by atoms with Gasteiger partial charge >= 0.3 is 0 Å². The number of rotatable bonds is 8. The minimum Gasteiger partial charge on any atom is -0.381 e. The van der Waals surface area contributed by atoms with Crippen molar-refractivity contribution < 1.29 is 13.2 Å². The molecule has 1 aliphatic heterocycles. The highest BCUT2D eigenvalue weighted by Gasteiger charge is 2.11. The van der Waals surface area contributed by atoms with E-state index in [1.807, 2.05) is 0 Å². The molecule has 1 atom stereocenters. The zero-order chi connectivity index (χ0) is 12.6. The van der Waals surface area contributed by atoms with Crippen LogP contribution in [0, 0.1) is 0 Å². The molecule has 1 heterocycles. The first-order valence-corrected chi connectivity index (χ1v) is 8.48. The van der Waals surface area contributed by atoms with Crippen LogP contribution in [-0.4, -0.2) is 45.7 Å². The zero-order valence-electron chi connectivity index (χ0n) is 10.8. The SMILES string of the molecule is CCS(=O)(=O)CCCOCCC1CCCCN1. The highest BCUT2D eigenvalue weighted by Crippen LogP contribution is 2.09. The van der Waals surface area contributed by atoms with Crippen molar-refractivity contribution in [2.75, 3.05) is 31.3 Å². The summed E-state index contributed by atoms with van der Waals surface area (Å²) in [6.07, 6.45) is 5.50. The van der Waals surface area contributed by atoms with E-state index in [9.17, 15) is 8.42 Å². The molecule has 5 heteroatoms. The van der Waals surface area contributed by atoms with Gasteiger partial charge in [0.2, 0.25) is 0 Å². The molecule has 1 N–H and O–H groups in total. The molecule has 1 rings (SSSR count). The van der Waals surface area contributed by atoms with Crippen LogP contribution in [0.5, 0.6) is 0 Å². The summed E-state index contributed by atoms with van der Waals surface area (Å²) in [6.45, 7) is 4.11. The number of piperidine rings is 1. The third-order valence-electron chi connectivity index (χ3n) is 3.21. The van der Waals surface area contributed by atoms with Crippen LogP contribution < -0.4 is 5.32 Å². The van der Waals surface area contributed by atoms with Crippen molar-refractivity contribution in [1.29, 1.82) is 0 Å². The van der Waals surface area contributed by atoms with Crippen LogP contribution in [0.25, 0.3) is 0 Å². The summed E-state index contributed by atoms with van der Waals surface area (Å²) < 4.78 is 27.9. The topological polar surface area (TPSA) is 55.4 Å². The molecule has 0 aromatic carbocycles. The van der Waals surface area contributed by atoms with Gasteiger partial charge in [-0.15, -0.1) is 0 Å². The van der Waals surface area contributed by atoms with Gasteiger partial charge in [-0.1, -0.05) is 13.3 Å². The minimum atomic E-state index is -2.82. The van der Waals surface area contributed by atoms with Gasteiger partial charge in [0, 0.05) is 25.0 Å². The molecule has 0 amide bonds. The predicted molar refractivity (Wildman–Crippen MR) is 70.0 cm³/mol. The van der Waals surface area contributed by atoms with E-state index in [4.69, 9.17) is 4.74 Å². The Morgan fingerprint density at radius 2 is 2.12 bits per heavy atom. The van der Waals surface area contributed by atoms with Gasteiger partial charge in [0.25, 0.3) is 0 Å². The zero-order valence-corrected chi connectivity index (χ0v) is 11.6. The summed E-state index contributed by atoms with van der Waals surface area (Å²) in [5.41, 5.74) is 0. The lowest BCUT2D eigenvalue weighted by Crippen LogP contribution is -2.34.